The van der Waals surface area contributed by atoms with Crippen molar-refractivity contribution in [2.75, 3.05) is 13.1 Å². The van der Waals surface area contributed by atoms with E-state index in [9.17, 15) is 9.90 Å². The van der Waals surface area contributed by atoms with Gasteiger partial charge in [-0.25, -0.2) is 0 Å². The first kappa shape index (κ1) is 20.2. The average Bonchev–Trinajstić information content (AvgIpc) is 2.70. The van der Waals surface area contributed by atoms with Crippen molar-refractivity contribution in [2.45, 2.75) is 37.9 Å². The van der Waals surface area contributed by atoms with E-state index < -0.39 is 5.66 Å². The highest BCUT2D eigenvalue weighted by Gasteiger charge is 2.41. The minimum absolute atomic E-state index is 0.0848. The van der Waals surface area contributed by atoms with Crippen molar-refractivity contribution in [3.8, 4) is 5.75 Å². The maximum absolute atomic E-state index is 11.8. The standard InChI is InChI=1S/C22H23Cl2N3O2/c1-14(28)27-10-8-22(9-11-27)25-19(15-2-4-16(23)5-3-15)13-20(26-22)18-12-17(24)6-7-21(18)29/h2-7,12,20,26,29H,8-11,13H2,1H3/t20-/m0/s1. The molecule has 2 aliphatic heterocycles. The summed E-state index contributed by atoms with van der Waals surface area (Å²) in [6.45, 7) is 2.89. The number of piperidine rings is 1. The number of amides is 1. The van der Waals surface area contributed by atoms with Crippen molar-refractivity contribution in [3.63, 3.8) is 0 Å². The molecule has 7 heteroatoms. The Labute approximate surface area is 180 Å². The van der Waals surface area contributed by atoms with Crippen LogP contribution in [0.3, 0.4) is 0 Å². The van der Waals surface area contributed by atoms with Gasteiger partial charge in [-0.2, -0.15) is 0 Å². The maximum Gasteiger partial charge on any atom is 0.219 e. The number of hydrogen-bond acceptors (Lipinski definition) is 4. The molecule has 2 aromatic carbocycles. The zero-order chi connectivity index (χ0) is 20.6. The largest absolute Gasteiger partial charge is 0.508 e. The van der Waals surface area contributed by atoms with Gasteiger partial charge < -0.3 is 10.0 Å². The summed E-state index contributed by atoms with van der Waals surface area (Å²) in [4.78, 5) is 18.7. The van der Waals surface area contributed by atoms with Crippen LogP contribution in [0.5, 0.6) is 5.75 Å². The lowest BCUT2D eigenvalue weighted by Crippen LogP contribution is -2.56. The summed E-state index contributed by atoms with van der Waals surface area (Å²) in [6.07, 6.45) is 2.04. The predicted molar refractivity (Wildman–Crippen MR) is 116 cm³/mol. The van der Waals surface area contributed by atoms with E-state index in [0.717, 1.165) is 16.8 Å². The number of phenolic OH excluding ortho intramolecular Hbond substituents is 1. The molecule has 1 amide bonds. The van der Waals surface area contributed by atoms with Crippen molar-refractivity contribution >= 4 is 34.8 Å². The van der Waals surface area contributed by atoms with E-state index >= 15 is 0 Å². The fourth-order valence-corrected chi connectivity index (χ4v) is 4.48. The van der Waals surface area contributed by atoms with E-state index in [4.69, 9.17) is 28.2 Å². The van der Waals surface area contributed by atoms with Crippen LogP contribution in [0.1, 0.15) is 43.4 Å². The molecule has 0 bridgehead atoms. The third-order valence-electron chi connectivity index (χ3n) is 5.77. The highest BCUT2D eigenvalue weighted by atomic mass is 35.5. The number of hydrogen-bond donors (Lipinski definition) is 2. The van der Waals surface area contributed by atoms with Crippen LogP contribution in [0, 0.1) is 0 Å². The van der Waals surface area contributed by atoms with Crippen LogP contribution in [-0.4, -0.2) is 40.4 Å². The van der Waals surface area contributed by atoms with E-state index in [2.05, 4.69) is 5.32 Å². The van der Waals surface area contributed by atoms with Gasteiger partial charge in [0, 0.05) is 66.6 Å². The van der Waals surface area contributed by atoms with Gasteiger partial charge in [0.2, 0.25) is 5.91 Å². The van der Waals surface area contributed by atoms with Gasteiger partial charge in [-0.05, 0) is 35.9 Å². The molecule has 29 heavy (non-hydrogen) atoms. The first-order valence-electron chi connectivity index (χ1n) is 9.71. The second-order valence-corrected chi connectivity index (χ2v) is 8.58. The van der Waals surface area contributed by atoms with Crippen LogP contribution < -0.4 is 5.32 Å². The van der Waals surface area contributed by atoms with Crippen LogP contribution in [-0.2, 0) is 4.79 Å². The number of carbonyl (C=O) groups is 1. The predicted octanol–water partition coefficient (Wildman–Crippen LogP) is 4.56. The summed E-state index contributed by atoms with van der Waals surface area (Å²) in [5, 5.41) is 15.4. The zero-order valence-electron chi connectivity index (χ0n) is 16.2. The quantitative estimate of drug-likeness (QED) is 0.731. The smallest absolute Gasteiger partial charge is 0.219 e. The normalized spacial score (nSPS) is 21.1. The van der Waals surface area contributed by atoms with Gasteiger partial charge in [0.05, 0.1) is 0 Å². The summed E-state index contributed by atoms with van der Waals surface area (Å²) in [5.41, 5.74) is 2.24. The maximum atomic E-state index is 11.8. The molecule has 1 atom stereocenters. The third kappa shape index (κ3) is 4.27. The Morgan fingerprint density at radius 1 is 1.14 bits per heavy atom. The van der Waals surface area contributed by atoms with Crippen molar-refractivity contribution in [1.29, 1.82) is 0 Å². The number of benzene rings is 2. The Morgan fingerprint density at radius 2 is 1.79 bits per heavy atom. The Kier molecular flexibility index (Phi) is 5.56. The van der Waals surface area contributed by atoms with Crippen LogP contribution in [0.4, 0.5) is 0 Å². The van der Waals surface area contributed by atoms with Gasteiger partial charge in [-0.3, -0.25) is 15.1 Å². The second kappa shape index (κ2) is 7.98. The molecule has 1 saturated heterocycles. The van der Waals surface area contributed by atoms with Gasteiger partial charge in [0.15, 0.2) is 0 Å². The molecule has 2 aromatic rings. The monoisotopic (exact) mass is 431 g/mol. The number of likely N-dealkylation sites (tertiary alicyclic amines) is 1. The summed E-state index contributed by atoms with van der Waals surface area (Å²) >= 11 is 12.3. The van der Waals surface area contributed by atoms with Crippen molar-refractivity contribution < 1.29 is 9.90 Å². The molecule has 2 N–H and O–H groups in total. The summed E-state index contributed by atoms with van der Waals surface area (Å²) in [7, 11) is 0. The fourth-order valence-electron chi connectivity index (χ4n) is 4.17. The van der Waals surface area contributed by atoms with Crippen LogP contribution >= 0.6 is 23.2 Å². The topological polar surface area (TPSA) is 64.9 Å². The van der Waals surface area contributed by atoms with Gasteiger partial charge in [-0.15, -0.1) is 0 Å². The molecular weight excluding hydrogens is 409 g/mol. The molecule has 1 fully saturated rings. The lowest BCUT2D eigenvalue weighted by Gasteiger charge is -2.45. The molecule has 0 saturated carbocycles. The van der Waals surface area contributed by atoms with Crippen molar-refractivity contribution in [3.05, 3.63) is 63.6 Å². The number of aliphatic imine (C=N–C) groups is 1. The minimum Gasteiger partial charge on any atom is -0.508 e. The van der Waals surface area contributed by atoms with Gasteiger partial charge >= 0.3 is 0 Å². The van der Waals surface area contributed by atoms with Crippen molar-refractivity contribution in [1.82, 2.24) is 10.2 Å². The number of rotatable bonds is 2. The Balaban J connectivity index is 1.71. The Hall–Kier alpha value is -2.08. The van der Waals surface area contributed by atoms with Gasteiger partial charge in [0.25, 0.3) is 0 Å². The number of nitrogens with one attached hydrogen (secondary N) is 1. The van der Waals surface area contributed by atoms with E-state index in [1.165, 1.54) is 0 Å². The van der Waals surface area contributed by atoms with E-state index in [-0.39, 0.29) is 17.7 Å². The number of carbonyl (C=O) groups excluding carboxylic acids is 1. The minimum atomic E-state index is -0.488. The molecule has 152 valence electrons. The number of aromatic hydroxyl groups is 1. The highest BCUT2D eigenvalue weighted by molar-refractivity contribution is 6.31. The zero-order valence-corrected chi connectivity index (χ0v) is 17.7. The molecular formula is C22H23Cl2N3O2. The summed E-state index contributed by atoms with van der Waals surface area (Å²) in [6, 6.07) is 12.6. The molecule has 1 spiro atoms. The third-order valence-corrected chi connectivity index (χ3v) is 6.25. The highest BCUT2D eigenvalue weighted by Crippen LogP contribution is 2.38. The first-order chi connectivity index (χ1) is 13.8. The Morgan fingerprint density at radius 3 is 2.45 bits per heavy atom. The Bertz CT molecular complexity index is 951. The van der Waals surface area contributed by atoms with E-state index in [1.807, 2.05) is 29.2 Å². The number of phenols is 1. The summed E-state index contributed by atoms with van der Waals surface area (Å²) in [5.74, 6) is 0.294. The summed E-state index contributed by atoms with van der Waals surface area (Å²) < 4.78 is 0. The number of halogens is 2. The molecule has 2 heterocycles. The lowest BCUT2D eigenvalue weighted by atomic mass is 9.87. The van der Waals surface area contributed by atoms with Gasteiger partial charge in [-0.1, -0.05) is 35.3 Å². The van der Waals surface area contributed by atoms with Crippen LogP contribution in [0.15, 0.2) is 47.5 Å². The SMILES string of the molecule is CC(=O)N1CCC2(CC1)N=C(c1ccc(Cl)cc1)C[C@@H](c1cc(Cl)ccc1O)N2. The molecule has 5 nitrogen and oxygen atoms in total. The molecule has 4 rings (SSSR count). The molecule has 0 unspecified atom stereocenters. The number of nitrogens with zero attached hydrogens (tertiary/aromatic N) is 2. The second-order valence-electron chi connectivity index (χ2n) is 7.71. The van der Waals surface area contributed by atoms with Gasteiger partial charge in [0.1, 0.15) is 11.4 Å². The average molecular weight is 432 g/mol. The molecule has 0 aliphatic carbocycles. The lowest BCUT2D eigenvalue weighted by molar-refractivity contribution is -0.130. The van der Waals surface area contributed by atoms with Crippen LogP contribution in [0.25, 0.3) is 0 Å². The molecule has 0 aromatic heterocycles. The van der Waals surface area contributed by atoms with Crippen molar-refractivity contribution in [2.24, 2.45) is 4.99 Å². The first-order valence-corrected chi connectivity index (χ1v) is 10.5. The molecule has 0 radical (unpaired) electrons. The molecule has 2 aliphatic rings. The fraction of sp³-hybridized carbons (Fsp3) is 0.364. The van der Waals surface area contributed by atoms with E-state index in [1.54, 1.807) is 25.1 Å². The van der Waals surface area contributed by atoms with Crippen LogP contribution in [0.2, 0.25) is 10.0 Å². The van der Waals surface area contributed by atoms with E-state index in [0.29, 0.717) is 42.4 Å².